The lowest BCUT2D eigenvalue weighted by atomic mass is 10.3. The molecule has 2 heterocycles. The number of rotatable bonds is 5. The van der Waals surface area contributed by atoms with E-state index in [-0.39, 0.29) is 12.5 Å². The Balaban J connectivity index is 1.69. The summed E-state index contributed by atoms with van der Waals surface area (Å²) in [6.07, 6.45) is 1.98. The molecule has 0 aromatic carbocycles. The molecule has 1 saturated heterocycles. The van der Waals surface area contributed by atoms with Crippen LogP contribution in [-0.4, -0.2) is 69.4 Å². The molecule has 0 saturated carbocycles. The predicted molar refractivity (Wildman–Crippen MR) is 75.7 cm³/mol. The number of nitrogens with one attached hydrogen (secondary N) is 1. The molecule has 0 unspecified atom stereocenters. The van der Waals surface area contributed by atoms with E-state index in [9.17, 15) is 9.59 Å². The second kappa shape index (κ2) is 7.07. The van der Waals surface area contributed by atoms with Crippen molar-refractivity contribution in [1.82, 2.24) is 24.9 Å². The molecule has 0 atom stereocenters. The molecule has 21 heavy (non-hydrogen) atoms. The number of aliphatic carboxylic acids is 1. The maximum atomic E-state index is 12.0. The monoisotopic (exact) mass is 295 g/mol. The Morgan fingerprint density at radius 1 is 1.33 bits per heavy atom. The molecule has 0 bridgehead atoms. The van der Waals surface area contributed by atoms with Crippen molar-refractivity contribution in [2.24, 2.45) is 7.05 Å². The average Bonchev–Trinajstić information content (AvgIpc) is 2.89. The van der Waals surface area contributed by atoms with E-state index in [0.29, 0.717) is 39.3 Å². The van der Waals surface area contributed by atoms with Gasteiger partial charge in [-0.25, -0.2) is 4.79 Å². The minimum absolute atomic E-state index is 0.0986. The Hall–Kier alpha value is -2.09. The lowest BCUT2D eigenvalue weighted by Gasteiger charge is -2.34. The molecule has 0 radical (unpaired) electrons. The number of hydrogen-bond acceptors (Lipinski definition) is 4. The third kappa shape index (κ3) is 4.75. The number of hydrogen-bond donors (Lipinski definition) is 2. The van der Waals surface area contributed by atoms with Crippen LogP contribution >= 0.6 is 0 Å². The highest BCUT2D eigenvalue weighted by atomic mass is 16.4. The van der Waals surface area contributed by atoms with Crippen LogP contribution in [0, 0.1) is 0 Å². The molecule has 0 aliphatic carbocycles. The van der Waals surface area contributed by atoms with E-state index in [1.807, 2.05) is 19.3 Å². The fraction of sp³-hybridized carbons (Fsp3) is 0.615. The second-order valence-corrected chi connectivity index (χ2v) is 5.11. The zero-order valence-corrected chi connectivity index (χ0v) is 12.2. The second-order valence-electron chi connectivity index (χ2n) is 5.11. The highest BCUT2D eigenvalue weighted by Gasteiger charge is 2.21. The van der Waals surface area contributed by atoms with Gasteiger partial charge in [-0.1, -0.05) is 0 Å². The first kappa shape index (κ1) is 15.3. The Morgan fingerprint density at radius 3 is 2.62 bits per heavy atom. The van der Waals surface area contributed by atoms with E-state index in [2.05, 4.69) is 15.3 Å². The van der Waals surface area contributed by atoms with Gasteiger partial charge in [-0.3, -0.25) is 14.4 Å². The van der Waals surface area contributed by atoms with E-state index in [0.717, 1.165) is 5.69 Å². The van der Waals surface area contributed by atoms with Gasteiger partial charge in [0, 0.05) is 46.0 Å². The van der Waals surface area contributed by atoms with Gasteiger partial charge in [0.15, 0.2) is 0 Å². The fourth-order valence-electron chi connectivity index (χ4n) is 2.26. The Morgan fingerprint density at radius 2 is 2.05 bits per heavy atom. The minimum atomic E-state index is -0.787. The van der Waals surface area contributed by atoms with Crippen LogP contribution in [0.25, 0.3) is 0 Å². The number of piperazine rings is 1. The van der Waals surface area contributed by atoms with Gasteiger partial charge in [0.05, 0.1) is 18.7 Å². The van der Waals surface area contributed by atoms with Gasteiger partial charge >= 0.3 is 12.0 Å². The normalized spacial score (nSPS) is 16.0. The molecule has 8 nitrogen and oxygen atoms in total. The third-order valence-corrected chi connectivity index (χ3v) is 3.49. The van der Waals surface area contributed by atoms with Gasteiger partial charge in [-0.2, -0.15) is 5.10 Å². The zero-order chi connectivity index (χ0) is 15.2. The molecule has 1 fully saturated rings. The molecule has 0 spiro atoms. The number of nitrogens with zero attached hydrogens (tertiary/aromatic N) is 4. The summed E-state index contributed by atoms with van der Waals surface area (Å²) in [5.41, 5.74) is 0.825. The first-order valence-electron chi connectivity index (χ1n) is 7.00. The van der Waals surface area contributed by atoms with Crippen LogP contribution in [0.5, 0.6) is 0 Å². The number of carbonyl (C=O) groups excluding carboxylic acids is 1. The van der Waals surface area contributed by atoms with Crippen molar-refractivity contribution in [2.45, 2.75) is 13.0 Å². The first-order valence-corrected chi connectivity index (χ1v) is 7.00. The van der Waals surface area contributed by atoms with Crippen molar-refractivity contribution in [3.05, 3.63) is 18.0 Å². The summed E-state index contributed by atoms with van der Waals surface area (Å²) >= 11 is 0. The molecule has 1 aliphatic heterocycles. The summed E-state index contributed by atoms with van der Waals surface area (Å²) in [5, 5.41) is 15.7. The largest absolute Gasteiger partial charge is 0.481 e. The smallest absolute Gasteiger partial charge is 0.317 e. The van der Waals surface area contributed by atoms with Crippen LogP contribution in [0.15, 0.2) is 12.3 Å². The molecule has 116 valence electrons. The summed E-state index contributed by atoms with van der Waals surface area (Å²) in [6.45, 7) is 3.62. The number of carboxylic acids is 1. The van der Waals surface area contributed by atoms with Crippen LogP contribution in [0.1, 0.15) is 12.1 Å². The lowest BCUT2D eigenvalue weighted by Crippen LogP contribution is -2.51. The van der Waals surface area contributed by atoms with Crippen molar-refractivity contribution in [1.29, 1.82) is 0 Å². The molecule has 1 aromatic rings. The highest BCUT2D eigenvalue weighted by molar-refractivity contribution is 5.74. The summed E-state index contributed by atoms with van der Waals surface area (Å²) in [4.78, 5) is 26.4. The van der Waals surface area contributed by atoms with Gasteiger partial charge in [0.2, 0.25) is 0 Å². The van der Waals surface area contributed by atoms with E-state index in [1.54, 1.807) is 9.58 Å². The summed E-state index contributed by atoms with van der Waals surface area (Å²) in [7, 11) is 1.83. The van der Waals surface area contributed by atoms with E-state index in [1.165, 1.54) is 0 Å². The van der Waals surface area contributed by atoms with Gasteiger partial charge in [-0.05, 0) is 6.07 Å². The van der Waals surface area contributed by atoms with Crippen LogP contribution < -0.4 is 5.32 Å². The molecule has 2 rings (SSSR count). The number of carboxylic acid groups (broad SMARTS) is 1. The van der Waals surface area contributed by atoms with Crippen LogP contribution in [0.2, 0.25) is 0 Å². The zero-order valence-electron chi connectivity index (χ0n) is 12.2. The number of aromatic nitrogens is 2. The van der Waals surface area contributed by atoms with Crippen molar-refractivity contribution in [3.8, 4) is 0 Å². The number of aryl methyl sites for hydroxylation is 1. The van der Waals surface area contributed by atoms with Crippen LogP contribution in [0.3, 0.4) is 0 Å². The van der Waals surface area contributed by atoms with Gasteiger partial charge < -0.3 is 15.3 Å². The van der Waals surface area contributed by atoms with E-state index in [4.69, 9.17) is 5.11 Å². The average molecular weight is 295 g/mol. The topological polar surface area (TPSA) is 90.7 Å². The van der Waals surface area contributed by atoms with Crippen molar-refractivity contribution < 1.29 is 14.7 Å². The predicted octanol–water partition coefficient (Wildman–Crippen LogP) is -0.278. The summed E-state index contributed by atoms with van der Waals surface area (Å²) < 4.78 is 1.70. The van der Waals surface area contributed by atoms with Crippen molar-refractivity contribution >= 4 is 12.0 Å². The Kier molecular flexibility index (Phi) is 5.15. The maximum Gasteiger partial charge on any atom is 0.317 e. The van der Waals surface area contributed by atoms with Crippen LogP contribution in [-0.2, 0) is 18.4 Å². The molecule has 2 amide bonds. The van der Waals surface area contributed by atoms with Gasteiger partial charge in [0.25, 0.3) is 0 Å². The van der Waals surface area contributed by atoms with Gasteiger partial charge in [-0.15, -0.1) is 0 Å². The fourth-order valence-corrected chi connectivity index (χ4v) is 2.26. The summed E-state index contributed by atoms with van der Waals surface area (Å²) in [6, 6.07) is 1.77. The molecule has 2 N–H and O–H groups in total. The maximum absolute atomic E-state index is 12.0. The lowest BCUT2D eigenvalue weighted by molar-refractivity contribution is -0.137. The minimum Gasteiger partial charge on any atom is -0.481 e. The SMILES string of the molecule is Cn1ccc(CNC(=O)N2CCN(CCC(=O)O)CC2)n1. The first-order chi connectivity index (χ1) is 10.0. The Labute approximate surface area is 123 Å². The van der Waals surface area contributed by atoms with Crippen molar-refractivity contribution in [2.75, 3.05) is 32.7 Å². The number of urea groups is 1. The Bertz CT molecular complexity index is 494. The molecule has 8 heteroatoms. The van der Waals surface area contributed by atoms with E-state index >= 15 is 0 Å². The molecule has 1 aromatic heterocycles. The van der Waals surface area contributed by atoms with Crippen molar-refractivity contribution in [3.63, 3.8) is 0 Å². The number of carbonyl (C=O) groups is 2. The quantitative estimate of drug-likeness (QED) is 0.780. The third-order valence-electron chi connectivity index (χ3n) is 3.49. The molecular weight excluding hydrogens is 274 g/mol. The molecule has 1 aliphatic rings. The van der Waals surface area contributed by atoms with E-state index < -0.39 is 5.97 Å². The summed E-state index contributed by atoms with van der Waals surface area (Å²) in [5.74, 6) is -0.787. The molecular formula is C13H21N5O3. The highest BCUT2D eigenvalue weighted by Crippen LogP contribution is 2.03. The van der Waals surface area contributed by atoms with Gasteiger partial charge in [0.1, 0.15) is 0 Å². The van der Waals surface area contributed by atoms with Crippen LogP contribution in [0.4, 0.5) is 4.79 Å². The standard InChI is InChI=1S/C13H21N5O3/c1-16-4-2-11(15-16)10-14-13(21)18-8-6-17(7-9-18)5-3-12(19)20/h2,4H,3,5-10H2,1H3,(H,14,21)(H,19,20). The number of amides is 2.